The predicted molar refractivity (Wildman–Crippen MR) is 83.3 cm³/mol. The second-order valence-electron chi connectivity index (χ2n) is 6.30. The van der Waals surface area contributed by atoms with Crippen molar-refractivity contribution < 1.29 is 19.5 Å². The van der Waals surface area contributed by atoms with Gasteiger partial charge in [0.15, 0.2) is 0 Å². The zero-order chi connectivity index (χ0) is 16.5. The van der Waals surface area contributed by atoms with Gasteiger partial charge in [-0.05, 0) is 25.7 Å². The largest absolute Gasteiger partial charge is 0.481 e. The third kappa shape index (κ3) is 7.43. The first-order chi connectivity index (χ1) is 10.4. The Morgan fingerprint density at radius 1 is 1.14 bits per heavy atom. The molecular formula is C16H28N2O4. The third-order valence-electron chi connectivity index (χ3n) is 4.21. The van der Waals surface area contributed by atoms with Crippen LogP contribution in [0.3, 0.4) is 0 Å². The summed E-state index contributed by atoms with van der Waals surface area (Å²) in [6, 6.07) is -0.737. The van der Waals surface area contributed by atoms with Gasteiger partial charge in [0.1, 0.15) is 6.04 Å². The molecule has 0 aliphatic heterocycles. The summed E-state index contributed by atoms with van der Waals surface area (Å²) in [4.78, 5) is 33.9. The standard InChI is InChI=1S/C16H28N2O4/c1-11(17-12(2)19)16(22)18-14(8-9-15(20)21)10-13-6-4-3-5-7-13/h11,13-14H,3-10H2,1-2H3,(H,17,19)(H,18,22)(H,20,21). The van der Waals surface area contributed by atoms with Gasteiger partial charge in [-0.2, -0.15) is 0 Å². The highest BCUT2D eigenvalue weighted by Gasteiger charge is 2.23. The number of carbonyl (C=O) groups excluding carboxylic acids is 2. The van der Waals surface area contributed by atoms with Crippen LogP contribution in [0, 0.1) is 5.92 Å². The van der Waals surface area contributed by atoms with Crippen LogP contribution >= 0.6 is 0 Å². The monoisotopic (exact) mass is 312 g/mol. The van der Waals surface area contributed by atoms with Gasteiger partial charge in [0.05, 0.1) is 0 Å². The van der Waals surface area contributed by atoms with Gasteiger partial charge in [-0.25, -0.2) is 0 Å². The Balaban J connectivity index is 2.53. The summed E-state index contributed by atoms with van der Waals surface area (Å²) >= 11 is 0. The van der Waals surface area contributed by atoms with E-state index in [1.54, 1.807) is 6.92 Å². The van der Waals surface area contributed by atoms with Gasteiger partial charge in [0.25, 0.3) is 0 Å². The topological polar surface area (TPSA) is 95.5 Å². The third-order valence-corrected chi connectivity index (χ3v) is 4.21. The van der Waals surface area contributed by atoms with Crippen LogP contribution < -0.4 is 10.6 Å². The molecule has 2 unspecified atom stereocenters. The first-order valence-corrected chi connectivity index (χ1v) is 8.17. The molecule has 0 saturated heterocycles. The molecule has 0 aromatic carbocycles. The molecule has 1 aliphatic carbocycles. The lowest BCUT2D eigenvalue weighted by Gasteiger charge is -2.28. The van der Waals surface area contributed by atoms with E-state index in [1.165, 1.54) is 26.2 Å². The van der Waals surface area contributed by atoms with E-state index in [4.69, 9.17) is 5.11 Å². The van der Waals surface area contributed by atoms with Gasteiger partial charge < -0.3 is 15.7 Å². The first kappa shape index (κ1) is 18.5. The lowest BCUT2D eigenvalue weighted by atomic mass is 9.84. The number of aliphatic carboxylic acids is 1. The van der Waals surface area contributed by atoms with Crippen molar-refractivity contribution in [3.8, 4) is 0 Å². The van der Waals surface area contributed by atoms with Gasteiger partial charge in [-0.1, -0.05) is 32.1 Å². The normalized spacial score (nSPS) is 18.3. The summed E-state index contributed by atoms with van der Waals surface area (Å²) in [6.45, 7) is 3.00. The number of nitrogens with one attached hydrogen (secondary N) is 2. The van der Waals surface area contributed by atoms with Crippen LogP contribution in [0.1, 0.15) is 65.2 Å². The van der Waals surface area contributed by atoms with E-state index in [0.29, 0.717) is 12.3 Å². The van der Waals surface area contributed by atoms with Gasteiger partial charge in [-0.15, -0.1) is 0 Å². The summed E-state index contributed by atoms with van der Waals surface area (Å²) < 4.78 is 0. The molecule has 0 radical (unpaired) electrons. The van der Waals surface area contributed by atoms with Crippen molar-refractivity contribution in [3.05, 3.63) is 0 Å². The molecule has 2 atom stereocenters. The summed E-state index contributed by atoms with van der Waals surface area (Å²) in [5.41, 5.74) is 0. The van der Waals surface area contributed by atoms with Crippen LogP contribution in [-0.2, 0) is 14.4 Å². The minimum Gasteiger partial charge on any atom is -0.481 e. The van der Waals surface area contributed by atoms with Crippen molar-refractivity contribution in [1.29, 1.82) is 0 Å². The van der Waals surface area contributed by atoms with Crippen molar-refractivity contribution in [2.45, 2.75) is 77.3 Å². The van der Waals surface area contributed by atoms with Crippen LogP contribution in [0.4, 0.5) is 0 Å². The van der Waals surface area contributed by atoms with Crippen LogP contribution in [0.25, 0.3) is 0 Å². The summed E-state index contributed by atoms with van der Waals surface area (Å²) in [5.74, 6) is -0.792. The molecular weight excluding hydrogens is 284 g/mol. The number of carbonyl (C=O) groups is 3. The Hall–Kier alpha value is -1.59. The molecule has 22 heavy (non-hydrogen) atoms. The summed E-state index contributed by atoms with van der Waals surface area (Å²) in [5, 5.41) is 14.3. The highest BCUT2D eigenvalue weighted by molar-refractivity contribution is 5.86. The number of carboxylic acids is 1. The molecule has 1 aliphatic rings. The quantitative estimate of drug-likeness (QED) is 0.637. The van der Waals surface area contributed by atoms with E-state index in [1.807, 2.05) is 0 Å². The van der Waals surface area contributed by atoms with Crippen molar-refractivity contribution >= 4 is 17.8 Å². The molecule has 0 aromatic rings. The number of hydrogen-bond donors (Lipinski definition) is 3. The van der Waals surface area contributed by atoms with E-state index in [-0.39, 0.29) is 24.3 Å². The lowest BCUT2D eigenvalue weighted by molar-refractivity contribution is -0.137. The second-order valence-corrected chi connectivity index (χ2v) is 6.30. The fourth-order valence-corrected chi connectivity index (χ4v) is 3.07. The maximum atomic E-state index is 12.1. The number of hydrogen-bond acceptors (Lipinski definition) is 3. The molecule has 6 nitrogen and oxygen atoms in total. The molecule has 0 heterocycles. The lowest BCUT2D eigenvalue weighted by Crippen LogP contribution is -2.48. The zero-order valence-electron chi connectivity index (χ0n) is 13.6. The number of amides is 2. The van der Waals surface area contributed by atoms with Crippen LogP contribution in [-0.4, -0.2) is 35.0 Å². The smallest absolute Gasteiger partial charge is 0.303 e. The van der Waals surface area contributed by atoms with Crippen LogP contribution in [0.15, 0.2) is 0 Å². The van der Waals surface area contributed by atoms with E-state index in [2.05, 4.69) is 10.6 Å². The van der Waals surface area contributed by atoms with Crippen molar-refractivity contribution in [3.63, 3.8) is 0 Å². The maximum Gasteiger partial charge on any atom is 0.303 e. The van der Waals surface area contributed by atoms with E-state index >= 15 is 0 Å². The average molecular weight is 312 g/mol. The fraction of sp³-hybridized carbons (Fsp3) is 0.812. The Bertz CT molecular complexity index is 392. The molecule has 0 spiro atoms. The number of rotatable bonds is 8. The predicted octanol–water partition coefficient (Wildman–Crippen LogP) is 1.83. The van der Waals surface area contributed by atoms with Crippen LogP contribution in [0.2, 0.25) is 0 Å². The Morgan fingerprint density at radius 2 is 1.77 bits per heavy atom. The fourth-order valence-electron chi connectivity index (χ4n) is 3.07. The first-order valence-electron chi connectivity index (χ1n) is 8.17. The van der Waals surface area contributed by atoms with Gasteiger partial charge in [0, 0.05) is 19.4 Å². The molecule has 1 rings (SSSR count). The van der Waals surface area contributed by atoms with Crippen molar-refractivity contribution in [2.75, 3.05) is 0 Å². The Labute approximate surface area is 132 Å². The molecule has 1 fully saturated rings. The van der Waals surface area contributed by atoms with Gasteiger partial charge in [-0.3, -0.25) is 14.4 Å². The van der Waals surface area contributed by atoms with Crippen LogP contribution in [0.5, 0.6) is 0 Å². The maximum absolute atomic E-state index is 12.1. The van der Waals surface area contributed by atoms with Gasteiger partial charge in [0.2, 0.25) is 11.8 Å². The van der Waals surface area contributed by atoms with E-state index < -0.39 is 12.0 Å². The molecule has 2 amide bonds. The summed E-state index contributed by atoms with van der Waals surface area (Å²) in [6.07, 6.45) is 7.31. The minimum atomic E-state index is -0.849. The Kier molecular flexibility index (Phi) is 7.91. The van der Waals surface area contributed by atoms with E-state index in [0.717, 1.165) is 19.3 Å². The van der Waals surface area contributed by atoms with Crippen molar-refractivity contribution in [2.24, 2.45) is 5.92 Å². The van der Waals surface area contributed by atoms with Gasteiger partial charge >= 0.3 is 5.97 Å². The highest BCUT2D eigenvalue weighted by Crippen LogP contribution is 2.28. The molecule has 126 valence electrons. The molecule has 6 heteroatoms. The number of carboxylic acid groups (broad SMARTS) is 1. The van der Waals surface area contributed by atoms with Crippen molar-refractivity contribution in [1.82, 2.24) is 10.6 Å². The summed E-state index contributed by atoms with van der Waals surface area (Å²) in [7, 11) is 0. The minimum absolute atomic E-state index is 0.0478. The second kappa shape index (κ2) is 9.43. The average Bonchev–Trinajstić information content (AvgIpc) is 2.45. The SMILES string of the molecule is CC(=O)NC(C)C(=O)NC(CCC(=O)O)CC1CCCCC1. The molecule has 1 saturated carbocycles. The zero-order valence-corrected chi connectivity index (χ0v) is 13.6. The molecule has 3 N–H and O–H groups in total. The Morgan fingerprint density at radius 3 is 2.32 bits per heavy atom. The molecule has 0 bridgehead atoms. The van der Waals surface area contributed by atoms with E-state index in [9.17, 15) is 14.4 Å². The highest BCUT2D eigenvalue weighted by atomic mass is 16.4. The molecule has 0 aromatic heterocycles.